The summed E-state index contributed by atoms with van der Waals surface area (Å²) in [4.78, 5) is 0. The minimum absolute atomic E-state index is 0.210. The molecule has 4 aromatic rings. The fourth-order valence-electron chi connectivity index (χ4n) is 5.91. The van der Waals surface area contributed by atoms with E-state index in [9.17, 15) is 5.11 Å². The first-order valence-electron chi connectivity index (χ1n) is 17.6. The van der Waals surface area contributed by atoms with Crippen LogP contribution in [0.3, 0.4) is 0 Å². The molecule has 0 aliphatic heterocycles. The number of para-hydroxylation sites is 3. The number of ether oxygens (including phenoxy) is 3. The number of rotatable bonds is 21. The zero-order valence-electron chi connectivity index (χ0n) is 28.4. The number of hydrogen-bond acceptors (Lipinski definition) is 4. The van der Waals surface area contributed by atoms with Gasteiger partial charge in [0, 0.05) is 11.1 Å². The number of benzene rings is 4. The second kappa shape index (κ2) is 19.6. The SMILES string of the molecule is CCCCCc1ccccc1OCc1ccc(O)c(COc2ccccc2CCCCC)c1COc1ccccc1CCCCC. The van der Waals surface area contributed by atoms with E-state index in [1.54, 1.807) is 6.07 Å². The Morgan fingerprint density at radius 2 is 0.804 bits per heavy atom. The van der Waals surface area contributed by atoms with Crippen LogP contribution in [-0.4, -0.2) is 5.11 Å². The van der Waals surface area contributed by atoms with E-state index in [4.69, 9.17) is 14.2 Å². The van der Waals surface area contributed by atoms with Gasteiger partial charge in [0.2, 0.25) is 0 Å². The van der Waals surface area contributed by atoms with E-state index in [0.717, 1.165) is 72.5 Å². The van der Waals surface area contributed by atoms with Crippen LogP contribution in [0.5, 0.6) is 23.0 Å². The second-order valence-electron chi connectivity index (χ2n) is 12.3. The molecule has 46 heavy (non-hydrogen) atoms. The van der Waals surface area contributed by atoms with E-state index in [1.807, 2.05) is 30.3 Å². The maximum Gasteiger partial charge on any atom is 0.123 e. The van der Waals surface area contributed by atoms with Gasteiger partial charge in [-0.05, 0) is 85.0 Å². The summed E-state index contributed by atoms with van der Waals surface area (Å²) in [5.74, 6) is 2.89. The molecule has 4 rings (SSSR count). The fraction of sp³-hybridized carbons (Fsp3) is 0.429. The largest absolute Gasteiger partial charge is 0.508 e. The Bertz CT molecular complexity index is 1460. The highest BCUT2D eigenvalue weighted by molar-refractivity contribution is 5.46. The maximum absolute atomic E-state index is 11.2. The maximum atomic E-state index is 11.2. The molecule has 4 nitrogen and oxygen atoms in total. The number of phenolic OH excluding ortho intramolecular Hbond substituents is 1. The van der Waals surface area contributed by atoms with Crippen molar-refractivity contribution < 1.29 is 19.3 Å². The summed E-state index contributed by atoms with van der Waals surface area (Å²) in [5, 5.41) is 11.2. The number of aromatic hydroxyl groups is 1. The monoisotopic (exact) mass is 622 g/mol. The molecule has 4 heteroatoms. The summed E-state index contributed by atoms with van der Waals surface area (Å²) < 4.78 is 19.5. The molecule has 0 saturated carbocycles. The van der Waals surface area contributed by atoms with Gasteiger partial charge in [0.25, 0.3) is 0 Å². The highest BCUT2D eigenvalue weighted by Crippen LogP contribution is 2.32. The number of aryl methyl sites for hydroxylation is 3. The van der Waals surface area contributed by atoms with Crippen LogP contribution in [0.25, 0.3) is 0 Å². The Hall–Kier alpha value is -3.92. The van der Waals surface area contributed by atoms with Crippen molar-refractivity contribution in [2.45, 2.75) is 118 Å². The first kappa shape index (κ1) is 34.9. The zero-order chi connectivity index (χ0) is 32.4. The molecule has 0 spiro atoms. The second-order valence-corrected chi connectivity index (χ2v) is 12.3. The summed E-state index contributed by atoms with van der Waals surface area (Å²) in [5.41, 5.74) is 6.29. The van der Waals surface area contributed by atoms with Crippen LogP contribution in [0.1, 0.15) is 112 Å². The van der Waals surface area contributed by atoms with Crippen LogP contribution >= 0.6 is 0 Å². The van der Waals surface area contributed by atoms with Crippen molar-refractivity contribution in [1.29, 1.82) is 0 Å². The van der Waals surface area contributed by atoms with Crippen molar-refractivity contribution in [3.63, 3.8) is 0 Å². The van der Waals surface area contributed by atoms with Crippen LogP contribution in [0, 0.1) is 0 Å². The first-order chi connectivity index (χ1) is 22.6. The molecule has 246 valence electrons. The lowest BCUT2D eigenvalue weighted by Gasteiger charge is -2.20. The molecule has 0 aromatic heterocycles. The average Bonchev–Trinajstić information content (AvgIpc) is 3.08. The summed E-state index contributed by atoms with van der Waals surface area (Å²) >= 11 is 0. The average molecular weight is 623 g/mol. The third kappa shape index (κ3) is 10.6. The van der Waals surface area contributed by atoms with Crippen LogP contribution in [0.2, 0.25) is 0 Å². The van der Waals surface area contributed by atoms with Gasteiger partial charge in [-0.25, -0.2) is 0 Å². The molecular weight excluding hydrogens is 568 g/mol. The van der Waals surface area contributed by atoms with Crippen molar-refractivity contribution >= 4 is 0 Å². The minimum atomic E-state index is 0.210. The van der Waals surface area contributed by atoms with Gasteiger partial charge >= 0.3 is 0 Å². The zero-order valence-corrected chi connectivity index (χ0v) is 28.4. The Kier molecular flexibility index (Phi) is 14.9. The van der Waals surface area contributed by atoms with Crippen molar-refractivity contribution in [1.82, 2.24) is 0 Å². The van der Waals surface area contributed by atoms with Crippen molar-refractivity contribution in [3.05, 3.63) is 118 Å². The topological polar surface area (TPSA) is 47.9 Å². The third-order valence-electron chi connectivity index (χ3n) is 8.70. The van der Waals surface area contributed by atoms with Crippen LogP contribution in [0.4, 0.5) is 0 Å². The summed E-state index contributed by atoms with van der Waals surface area (Å²) in [6, 6.07) is 28.6. The highest BCUT2D eigenvalue weighted by Gasteiger charge is 2.18. The van der Waals surface area contributed by atoms with E-state index >= 15 is 0 Å². The number of unbranched alkanes of at least 4 members (excludes halogenated alkanes) is 6. The number of phenols is 1. The fourth-order valence-corrected chi connectivity index (χ4v) is 5.91. The molecule has 0 unspecified atom stereocenters. The number of hydrogen-bond donors (Lipinski definition) is 1. The molecule has 0 bridgehead atoms. The van der Waals surface area contributed by atoms with Crippen molar-refractivity contribution in [3.8, 4) is 23.0 Å². The predicted octanol–water partition coefficient (Wildman–Crippen LogP) is 11.3. The van der Waals surface area contributed by atoms with Crippen LogP contribution in [0.15, 0.2) is 84.9 Å². The molecule has 0 saturated heterocycles. The molecule has 0 radical (unpaired) electrons. The van der Waals surface area contributed by atoms with E-state index in [2.05, 4.69) is 69.3 Å². The van der Waals surface area contributed by atoms with Gasteiger partial charge in [0.15, 0.2) is 0 Å². The molecular formula is C42H54O4. The van der Waals surface area contributed by atoms with Crippen LogP contribution < -0.4 is 14.2 Å². The molecule has 1 N–H and O–H groups in total. The van der Waals surface area contributed by atoms with Gasteiger partial charge < -0.3 is 19.3 Å². The Balaban J connectivity index is 1.60. The van der Waals surface area contributed by atoms with Gasteiger partial charge in [0.05, 0.1) is 0 Å². The lowest BCUT2D eigenvalue weighted by atomic mass is 10.0. The first-order valence-corrected chi connectivity index (χ1v) is 17.6. The van der Waals surface area contributed by atoms with E-state index in [1.165, 1.54) is 55.2 Å². The van der Waals surface area contributed by atoms with Crippen molar-refractivity contribution in [2.75, 3.05) is 0 Å². The summed E-state index contributed by atoms with van der Waals surface area (Å²) in [6.45, 7) is 7.61. The van der Waals surface area contributed by atoms with Gasteiger partial charge in [-0.2, -0.15) is 0 Å². The van der Waals surface area contributed by atoms with Crippen LogP contribution in [-0.2, 0) is 39.1 Å². The van der Waals surface area contributed by atoms with Crippen molar-refractivity contribution in [2.24, 2.45) is 0 Å². The Labute approximate surface area is 277 Å². The molecule has 0 atom stereocenters. The lowest BCUT2D eigenvalue weighted by Crippen LogP contribution is -2.11. The third-order valence-corrected chi connectivity index (χ3v) is 8.70. The minimum Gasteiger partial charge on any atom is -0.508 e. The van der Waals surface area contributed by atoms with E-state index < -0.39 is 0 Å². The normalized spacial score (nSPS) is 11.0. The quantitative estimate of drug-likeness (QED) is 0.0939. The predicted molar refractivity (Wildman–Crippen MR) is 190 cm³/mol. The smallest absolute Gasteiger partial charge is 0.123 e. The van der Waals surface area contributed by atoms with Gasteiger partial charge in [-0.1, -0.05) is 120 Å². The van der Waals surface area contributed by atoms with E-state index in [0.29, 0.717) is 13.2 Å². The molecule has 0 fully saturated rings. The Morgan fingerprint density at radius 3 is 1.24 bits per heavy atom. The molecule has 4 aromatic carbocycles. The molecule has 0 heterocycles. The van der Waals surface area contributed by atoms with Gasteiger partial charge in [-0.3, -0.25) is 0 Å². The van der Waals surface area contributed by atoms with Gasteiger partial charge in [-0.15, -0.1) is 0 Å². The standard InChI is InChI=1S/C42H54O4/c1-4-7-10-19-33-22-13-16-25-40(33)44-30-36-28-29-39(43)38(32-46-42-27-18-15-24-35(42)21-12-9-6-3)37(36)31-45-41-26-17-14-23-34(41)20-11-8-5-2/h13-18,22-29,43H,4-12,19-21,30-32H2,1-3H3. The van der Waals surface area contributed by atoms with E-state index in [-0.39, 0.29) is 12.4 Å². The molecule has 0 amide bonds. The highest BCUT2D eigenvalue weighted by atomic mass is 16.5. The summed E-state index contributed by atoms with van der Waals surface area (Å²) in [7, 11) is 0. The molecule has 0 aliphatic rings. The van der Waals surface area contributed by atoms with Gasteiger partial charge in [0.1, 0.15) is 42.8 Å². The Morgan fingerprint density at radius 1 is 0.413 bits per heavy atom. The summed E-state index contributed by atoms with van der Waals surface area (Å²) in [6.07, 6.45) is 13.5. The lowest BCUT2D eigenvalue weighted by molar-refractivity contribution is 0.266. The molecule has 0 aliphatic carbocycles.